The molecule has 1 atom stereocenters. The van der Waals surface area contributed by atoms with Gasteiger partial charge in [0.2, 0.25) is 5.24 Å². The van der Waals surface area contributed by atoms with Crippen molar-refractivity contribution in [1.29, 1.82) is 0 Å². The van der Waals surface area contributed by atoms with E-state index >= 15 is 0 Å². The first kappa shape index (κ1) is 11.0. The van der Waals surface area contributed by atoms with Crippen LogP contribution in [-0.2, 0) is 4.79 Å². The smallest absolute Gasteiger partial charge is 0.274 e. The molecule has 0 bridgehead atoms. The Morgan fingerprint density at radius 1 is 1.50 bits per heavy atom. The van der Waals surface area contributed by atoms with Crippen LogP contribution in [0.2, 0.25) is 0 Å². The molecule has 6 heteroatoms. The van der Waals surface area contributed by atoms with E-state index in [4.69, 9.17) is 11.6 Å². The number of thiol groups is 1. The lowest BCUT2D eigenvalue weighted by atomic mass is 10.1. The highest BCUT2D eigenvalue weighted by molar-refractivity contribution is 7.81. The monoisotopic (exact) mass is 231 g/mol. The summed E-state index contributed by atoms with van der Waals surface area (Å²) in [5.41, 5.74) is 0.0577. The maximum absolute atomic E-state index is 10.8. The summed E-state index contributed by atoms with van der Waals surface area (Å²) >= 11 is 9.09. The predicted molar refractivity (Wildman–Crippen MR) is 55.7 cm³/mol. The van der Waals surface area contributed by atoms with Gasteiger partial charge in [-0.3, -0.25) is 14.9 Å². The van der Waals surface area contributed by atoms with Crippen LogP contribution in [0, 0.1) is 10.1 Å². The first-order chi connectivity index (χ1) is 6.54. The second-order valence-corrected chi connectivity index (χ2v) is 3.41. The maximum Gasteiger partial charge on any atom is 0.274 e. The fourth-order valence-corrected chi connectivity index (χ4v) is 1.34. The van der Waals surface area contributed by atoms with Gasteiger partial charge in [0.05, 0.1) is 10.5 Å². The third-order valence-electron chi connectivity index (χ3n) is 1.64. The Labute approximate surface area is 90.4 Å². The molecule has 1 unspecified atom stereocenters. The van der Waals surface area contributed by atoms with E-state index < -0.39 is 15.4 Å². The molecule has 0 spiro atoms. The second kappa shape index (κ2) is 4.43. The minimum Gasteiger partial charge on any atom is -0.280 e. The number of nitro groups is 1. The van der Waals surface area contributed by atoms with Crippen molar-refractivity contribution in [1.82, 2.24) is 0 Å². The number of hydrogen-bond donors (Lipinski definition) is 1. The lowest BCUT2D eigenvalue weighted by Crippen LogP contribution is -2.03. The normalized spacial score (nSPS) is 12.1. The van der Waals surface area contributed by atoms with E-state index in [2.05, 4.69) is 12.6 Å². The van der Waals surface area contributed by atoms with Gasteiger partial charge >= 0.3 is 0 Å². The molecule has 0 fully saturated rings. The van der Waals surface area contributed by atoms with Crippen LogP contribution >= 0.6 is 24.2 Å². The molecule has 0 aliphatic rings. The fraction of sp³-hybridized carbons (Fsp3) is 0.125. The number of nitrogens with zero attached hydrogens (tertiary/aromatic N) is 1. The van der Waals surface area contributed by atoms with Crippen molar-refractivity contribution in [2.45, 2.75) is 5.25 Å². The van der Waals surface area contributed by atoms with Crippen LogP contribution in [0.1, 0.15) is 10.8 Å². The van der Waals surface area contributed by atoms with Gasteiger partial charge in [-0.05, 0) is 11.6 Å². The minimum atomic E-state index is -0.960. The molecule has 1 rings (SSSR count). The minimum absolute atomic E-state index is 0.151. The molecule has 0 aliphatic heterocycles. The number of halogens is 1. The highest BCUT2D eigenvalue weighted by atomic mass is 35.5. The zero-order valence-corrected chi connectivity index (χ0v) is 8.53. The van der Waals surface area contributed by atoms with Crippen molar-refractivity contribution in [2.75, 3.05) is 0 Å². The van der Waals surface area contributed by atoms with Gasteiger partial charge in [-0.1, -0.05) is 18.2 Å². The number of carbonyl (C=O) groups is 1. The molecule has 0 saturated heterocycles. The number of nitro benzene ring substituents is 1. The number of hydrogen-bond acceptors (Lipinski definition) is 4. The summed E-state index contributed by atoms with van der Waals surface area (Å²) in [5.74, 6) is 0. The van der Waals surface area contributed by atoms with Crippen molar-refractivity contribution in [3.8, 4) is 0 Å². The maximum atomic E-state index is 10.8. The van der Waals surface area contributed by atoms with Gasteiger partial charge in [-0.15, -0.1) is 0 Å². The number of rotatable bonds is 3. The summed E-state index contributed by atoms with van der Waals surface area (Å²) in [4.78, 5) is 20.8. The van der Waals surface area contributed by atoms with Gasteiger partial charge in [0.15, 0.2) is 0 Å². The molecule has 0 amide bonds. The van der Waals surface area contributed by atoms with Crippen LogP contribution in [0.5, 0.6) is 0 Å². The molecule has 0 aromatic heterocycles. The lowest BCUT2D eigenvalue weighted by Gasteiger charge is -2.05. The van der Waals surface area contributed by atoms with E-state index in [1.54, 1.807) is 6.07 Å². The molecule has 4 nitrogen and oxygen atoms in total. The largest absolute Gasteiger partial charge is 0.280 e. The van der Waals surface area contributed by atoms with Crippen molar-refractivity contribution in [2.24, 2.45) is 0 Å². The molecule has 0 heterocycles. The zero-order valence-electron chi connectivity index (χ0n) is 6.88. The molecule has 0 saturated carbocycles. The highest BCUT2D eigenvalue weighted by Gasteiger charge is 2.22. The van der Waals surface area contributed by atoms with Crippen molar-refractivity contribution in [3.05, 3.63) is 39.9 Å². The first-order valence-electron chi connectivity index (χ1n) is 3.64. The average Bonchev–Trinajstić information content (AvgIpc) is 2.16. The summed E-state index contributed by atoms with van der Waals surface area (Å²) in [7, 11) is 0. The van der Waals surface area contributed by atoms with Crippen molar-refractivity contribution >= 4 is 35.2 Å². The highest BCUT2D eigenvalue weighted by Crippen LogP contribution is 2.30. The van der Waals surface area contributed by atoms with Crippen LogP contribution in [0.4, 0.5) is 5.69 Å². The van der Waals surface area contributed by atoms with E-state index in [0.29, 0.717) is 0 Å². The third kappa shape index (κ3) is 2.24. The quantitative estimate of drug-likeness (QED) is 0.376. The Bertz CT molecular complexity index is 383. The van der Waals surface area contributed by atoms with E-state index in [1.807, 2.05) is 0 Å². The van der Waals surface area contributed by atoms with E-state index in [0.717, 1.165) is 0 Å². The van der Waals surface area contributed by atoms with Gasteiger partial charge in [0, 0.05) is 6.07 Å². The summed E-state index contributed by atoms with van der Waals surface area (Å²) < 4.78 is 0. The van der Waals surface area contributed by atoms with Crippen LogP contribution in [0.25, 0.3) is 0 Å². The molecular formula is C8H6ClNO3S. The summed E-state index contributed by atoms with van der Waals surface area (Å²) in [6, 6.07) is 5.86. The Hall–Kier alpha value is -1.07. The van der Waals surface area contributed by atoms with E-state index in [-0.39, 0.29) is 11.3 Å². The topological polar surface area (TPSA) is 60.2 Å². The van der Waals surface area contributed by atoms with E-state index in [9.17, 15) is 14.9 Å². The Kier molecular flexibility index (Phi) is 3.49. The molecule has 0 radical (unpaired) electrons. The van der Waals surface area contributed by atoms with Gasteiger partial charge in [-0.2, -0.15) is 12.6 Å². The van der Waals surface area contributed by atoms with Crippen LogP contribution < -0.4 is 0 Å². The second-order valence-electron chi connectivity index (χ2n) is 2.52. The number of carbonyl (C=O) groups excluding carboxylic acids is 1. The SMILES string of the molecule is O=C(Cl)C(S)c1ccccc1[N+](=O)[O-]. The van der Waals surface area contributed by atoms with Crippen molar-refractivity contribution < 1.29 is 9.72 Å². The average molecular weight is 232 g/mol. The number of benzene rings is 1. The molecule has 0 aliphatic carbocycles. The molecule has 14 heavy (non-hydrogen) atoms. The van der Waals surface area contributed by atoms with Crippen LogP contribution in [-0.4, -0.2) is 10.2 Å². The van der Waals surface area contributed by atoms with Gasteiger partial charge in [0.1, 0.15) is 5.25 Å². The van der Waals surface area contributed by atoms with Crippen LogP contribution in [0.3, 0.4) is 0 Å². The molecular weight excluding hydrogens is 226 g/mol. The molecule has 1 aromatic rings. The number of para-hydroxylation sites is 1. The van der Waals surface area contributed by atoms with Gasteiger partial charge in [0.25, 0.3) is 5.69 Å². The Morgan fingerprint density at radius 2 is 2.07 bits per heavy atom. The Balaban J connectivity index is 3.19. The summed E-state index contributed by atoms with van der Waals surface area (Å²) in [6.45, 7) is 0. The first-order valence-corrected chi connectivity index (χ1v) is 4.54. The standard InChI is InChI=1S/C8H6ClNO3S/c9-8(11)7(14)5-3-1-2-4-6(5)10(12)13/h1-4,7,14H. The molecule has 74 valence electrons. The zero-order chi connectivity index (χ0) is 10.7. The van der Waals surface area contributed by atoms with Gasteiger partial charge in [-0.25, -0.2) is 0 Å². The fourth-order valence-electron chi connectivity index (χ4n) is 1.01. The Morgan fingerprint density at radius 3 is 2.57 bits per heavy atom. The summed E-state index contributed by atoms with van der Waals surface area (Å²) in [5, 5.41) is 8.87. The lowest BCUT2D eigenvalue weighted by molar-refractivity contribution is -0.385. The molecule has 1 aromatic carbocycles. The third-order valence-corrected chi connectivity index (χ3v) is 2.53. The van der Waals surface area contributed by atoms with Crippen LogP contribution in [0.15, 0.2) is 24.3 Å². The van der Waals surface area contributed by atoms with Gasteiger partial charge < -0.3 is 0 Å². The summed E-state index contributed by atoms with van der Waals surface area (Å²) in [6.07, 6.45) is 0. The van der Waals surface area contributed by atoms with Crippen molar-refractivity contribution in [3.63, 3.8) is 0 Å². The van der Waals surface area contributed by atoms with E-state index in [1.165, 1.54) is 18.2 Å². The predicted octanol–water partition coefficient (Wildman–Crippen LogP) is 2.33. The molecule has 0 N–H and O–H groups in total.